The van der Waals surface area contributed by atoms with Crippen LogP contribution in [-0.4, -0.2) is 31.8 Å². The Balaban J connectivity index is 1.29. The van der Waals surface area contributed by atoms with Crippen LogP contribution >= 0.6 is 0 Å². The number of aryl methyl sites for hydroxylation is 1. The summed E-state index contributed by atoms with van der Waals surface area (Å²) in [6.45, 7) is 6.28. The van der Waals surface area contributed by atoms with Gasteiger partial charge in [-0.25, -0.2) is 9.97 Å². The van der Waals surface area contributed by atoms with Crippen molar-refractivity contribution in [3.8, 4) is 11.3 Å². The number of anilines is 3. The predicted octanol–water partition coefficient (Wildman–Crippen LogP) is 6.98. The molecule has 0 saturated carbocycles. The van der Waals surface area contributed by atoms with Gasteiger partial charge in [-0.2, -0.15) is 0 Å². The molecule has 2 aromatic carbocycles. The number of aromatic nitrogens is 3. The zero-order chi connectivity index (χ0) is 27.2. The van der Waals surface area contributed by atoms with Crippen LogP contribution in [0.2, 0.25) is 0 Å². The number of amides is 1. The molecule has 0 radical (unpaired) electrons. The highest BCUT2D eigenvalue weighted by Crippen LogP contribution is 2.25. The van der Waals surface area contributed by atoms with Crippen LogP contribution in [-0.2, 0) is 0 Å². The van der Waals surface area contributed by atoms with E-state index in [2.05, 4.69) is 62.8 Å². The minimum atomic E-state index is -0.195. The molecule has 0 fully saturated rings. The molecule has 2 N–H and O–H groups in total. The smallest absolute Gasteiger partial charge is 0.255 e. The highest BCUT2D eigenvalue weighted by molar-refractivity contribution is 6.05. The maximum Gasteiger partial charge on any atom is 0.255 e. The fourth-order valence-corrected chi connectivity index (χ4v) is 4.11. The molecule has 1 aliphatic heterocycles. The molecule has 2 aromatic heterocycles. The molecular weight excluding hydrogens is 484 g/mol. The SMILES string of the molecule is Cc1ccc(C(=O)Nc2ccc(C3=CN(C(C)C)C=CC=C3)cc2)cc1Nc1nccc(-c2cccnc2)n1. The number of carbonyl (C=O) groups excluding carboxylic acids is 1. The number of benzene rings is 2. The quantitative estimate of drug-likeness (QED) is 0.277. The van der Waals surface area contributed by atoms with Crippen LogP contribution in [0.1, 0.15) is 35.3 Å². The summed E-state index contributed by atoms with van der Waals surface area (Å²) < 4.78 is 0. The van der Waals surface area contributed by atoms with Gasteiger partial charge in [-0.3, -0.25) is 9.78 Å². The summed E-state index contributed by atoms with van der Waals surface area (Å²) in [5, 5.41) is 6.26. The van der Waals surface area contributed by atoms with Gasteiger partial charge in [-0.1, -0.05) is 30.4 Å². The Morgan fingerprint density at radius 1 is 0.949 bits per heavy atom. The van der Waals surface area contributed by atoms with Gasteiger partial charge in [0.05, 0.1) is 5.69 Å². The largest absolute Gasteiger partial charge is 0.351 e. The summed E-state index contributed by atoms with van der Waals surface area (Å²) in [4.78, 5) is 28.4. The van der Waals surface area contributed by atoms with Crippen molar-refractivity contribution >= 4 is 28.8 Å². The van der Waals surface area contributed by atoms with E-state index in [1.807, 2.05) is 79.7 Å². The maximum atomic E-state index is 13.1. The van der Waals surface area contributed by atoms with Crippen molar-refractivity contribution in [3.63, 3.8) is 0 Å². The second-order valence-corrected chi connectivity index (χ2v) is 9.52. The zero-order valence-electron chi connectivity index (χ0n) is 22.2. The average molecular weight is 515 g/mol. The third kappa shape index (κ3) is 6.27. The third-order valence-electron chi connectivity index (χ3n) is 6.36. The van der Waals surface area contributed by atoms with E-state index in [1.165, 1.54) is 0 Å². The Bertz CT molecular complexity index is 1560. The Labute approximate surface area is 228 Å². The van der Waals surface area contributed by atoms with Crippen LogP contribution in [0.5, 0.6) is 0 Å². The third-order valence-corrected chi connectivity index (χ3v) is 6.36. The topological polar surface area (TPSA) is 83.0 Å². The van der Waals surface area contributed by atoms with Crippen molar-refractivity contribution in [2.75, 3.05) is 10.6 Å². The lowest BCUT2D eigenvalue weighted by molar-refractivity contribution is 0.102. The van der Waals surface area contributed by atoms with Gasteiger partial charge < -0.3 is 15.5 Å². The lowest BCUT2D eigenvalue weighted by Crippen LogP contribution is -2.19. The van der Waals surface area contributed by atoms with Gasteiger partial charge in [-0.15, -0.1) is 0 Å². The summed E-state index contributed by atoms with van der Waals surface area (Å²) in [5.41, 5.74) is 6.84. The number of nitrogens with one attached hydrogen (secondary N) is 2. The lowest BCUT2D eigenvalue weighted by atomic mass is 10.1. The maximum absolute atomic E-state index is 13.1. The minimum absolute atomic E-state index is 0.195. The van der Waals surface area contributed by atoms with E-state index < -0.39 is 0 Å². The number of hydrogen-bond donors (Lipinski definition) is 2. The summed E-state index contributed by atoms with van der Waals surface area (Å²) in [7, 11) is 0. The molecule has 7 heteroatoms. The molecule has 0 spiro atoms. The van der Waals surface area contributed by atoms with E-state index >= 15 is 0 Å². The van der Waals surface area contributed by atoms with Crippen LogP contribution in [0.4, 0.5) is 17.3 Å². The molecule has 1 amide bonds. The molecule has 1 aliphatic rings. The molecule has 39 heavy (non-hydrogen) atoms. The molecule has 5 rings (SSSR count). The monoisotopic (exact) mass is 514 g/mol. The number of rotatable bonds is 7. The van der Waals surface area contributed by atoms with Crippen LogP contribution in [0.15, 0.2) is 110 Å². The number of pyridine rings is 1. The fourth-order valence-electron chi connectivity index (χ4n) is 4.11. The van der Waals surface area contributed by atoms with Crippen molar-refractivity contribution in [3.05, 3.63) is 127 Å². The van der Waals surface area contributed by atoms with Gasteiger partial charge in [0.25, 0.3) is 5.91 Å². The van der Waals surface area contributed by atoms with Crippen LogP contribution in [0.3, 0.4) is 0 Å². The Hall–Kier alpha value is -5.04. The molecule has 0 unspecified atom stereocenters. The number of allylic oxidation sites excluding steroid dienone is 4. The molecule has 0 bridgehead atoms. The summed E-state index contributed by atoms with van der Waals surface area (Å²) in [5.74, 6) is 0.250. The van der Waals surface area contributed by atoms with Crippen molar-refractivity contribution < 1.29 is 4.79 Å². The van der Waals surface area contributed by atoms with Gasteiger partial charge in [-0.05, 0) is 86.0 Å². The molecule has 0 saturated heterocycles. The highest BCUT2D eigenvalue weighted by atomic mass is 16.1. The lowest BCUT2D eigenvalue weighted by Gasteiger charge is -2.20. The molecule has 7 nitrogen and oxygen atoms in total. The molecule has 3 heterocycles. The first kappa shape index (κ1) is 25.6. The average Bonchev–Trinajstić information content (AvgIpc) is 3.22. The van der Waals surface area contributed by atoms with Crippen molar-refractivity contribution in [1.82, 2.24) is 19.9 Å². The van der Waals surface area contributed by atoms with E-state index in [1.54, 1.807) is 18.6 Å². The second-order valence-electron chi connectivity index (χ2n) is 9.52. The number of nitrogens with zero attached hydrogens (tertiary/aromatic N) is 4. The standard InChI is InChI=1S/C32H30N6O/c1-22(2)38-18-5-4-7-27(21-38)24-11-13-28(14-12-24)35-31(39)25-10-9-23(3)30(19-25)37-32-34-17-15-29(36-32)26-8-6-16-33-20-26/h4-22H,1-3H3,(H,35,39)(H,34,36,37). The van der Waals surface area contributed by atoms with Gasteiger partial charge in [0.2, 0.25) is 5.95 Å². The number of hydrogen-bond acceptors (Lipinski definition) is 6. The number of carbonyl (C=O) groups is 1. The first-order chi connectivity index (χ1) is 19.0. The fraction of sp³-hybridized carbons (Fsp3) is 0.125. The van der Waals surface area contributed by atoms with E-state index in [4.69, 9.17) is 0 Å². The van der Waals surface area contributed by atoms with E-state index in [-0.39, 0.29) is 5.91 Å². The first-order valence-corrected chi connectivity index (χ1v) is 12.8. The van der Waals surface area contributed by atoms with Crippen molar-refractivity contribution in [1.29, 1.82) is 0 Å². The van der Waals surface area contributed by atoms with Crippen LogP contribution in [0, 0.1) is 6.92 Å². The molecule has 194 valence electrons. The Morgan fingerprint density at radius 3 is 2.56 bits per heavy atom. The van der Waals surface area contributed by atoms with Gasteiger partial charge >= 0.3 is 0 Å². The molecule has 0 aliphatic carbocycles. The molecule has 0 atom stereocenters. The second kappa shape index (κ2) is 11.6. The van der Waals surface area contributed by atoms with Crippen molar-refractivity contribution in [2.24, 2.45) is 0 Å². The summed E-state index contributed by atoms with van der Waals surface area (Å²) in [6, 6.07) is 19.4. The normalized spacial score (nSPS) is 12.7. The first-order valence-electron chi connectivity index (χ1n) is 12.8. The van der Waals surface area contributed by atoms with E-state index in [9.17, 15) is 4.79 Å². The van der Waals surface area contributed by atoms with E-state index in [0.29, 0.717) is 17.6 Å². The van der Waals surface area contributed by atoms with Gasteiger partial charge in [0.1, 0.15) is 0 Å². The summed E-state index contributed by atoms with van der Waals surface area (Å²) in [6.07, 6.45) is 15.5. The van der Waals surface area contributed by atoms with Crippen LogP contribution < -0.4 is 10.6 Å². The van der Waals surface area contributed by atoms with Gasteiger partial charge in [0, 0.05) is 59.5 Å². The minimum Gasteiger partial charge on any atom is -0.351 e. The molecule has 4 aromatic rings. The Morgan fingerprint density at radius 2 is 1.79 bits per heavy atom. The van der Waals surface area contributed by atoms with Crippen LogP contribution in [0.25, 0.3) is 16.8 Å². The highest BCUT2D eigenvalue weighted by Gasteiger charge is 2.12. The summed E-state index contributed by atoms with van der Waals surface area (Å²) >= 11 is 0. The molecular formula is C32H30N6O. The van der Waals surface area contributed by atoms with Gasteiger partial charge in [0.15, 0.2) is 0 Å². The Kier molecular flexibility index (Phi) is 7.59. The van der Waals surface area contributed by atoms with Crippen molar-refractivity contribution in [2.45, 2.75) is 26.8 Å². The predicted molar refractivity (Wildman–Crippen MR) is 157 cm³/mol. The van der Waals surface area contributed by atoms with E-state index in [0.717, 1.165) is 39.3 Å². The zero-order valence-corrected chi connectivity index (χ0v) is 22.2.